The Morgan fingerprint density at radius 3 is 2.55 bits per heavy atom. The number of benzene rings is 1. The van der Waals surface area contributed by atoms with E-state index in [1.54, 1.807) is 18.2 Å². The third-order valence-electron chi connectivity index (χ3n) is 3.42. The first-order valence-corrected chi connectivity index (χ1v) is 6.52. The topological polar surface area (TPSA) is 75.4 Å². The van der Waals surface area contributed by atoms with Crippen molar-refractivity contribution in [1.82, 2.24) is 4.90 Å². The highest BCUT2D eigenvalue weighted by Gasteiger charge is 2.21. The van der Waals surface area contributed by atoms with E-state index < -0.39 is 0 Å². The number of carbonyl (C=O) groups excluding carboxylic acids is 2. The van der Waals surface area contributed by atoms with Gasteiger partial charge < -0.3 is 16.0 Å². The molecule has 1 fully saturated rings. The summed E-state index contributed by atoms with van der Waals surface area (Å²) in [6.07, 6.45) is 2.13. The van der Waals surface area contributed by atoms with E-state index in [2.05, 4.69) is 5.32 Å². The van der Waals surface area contributed by atoms with Crippen molar-refractivity contribution < 1.29 is 9.59 Å². The molecule has 3 N–H and O–H groups in total. The van der Waals surface area contributed by atoms with Gasteiger partial charge in [-0.2, -0.15) is 0 Å². The van der Waals surface area contributed by atoms with Gasteiger partial charge in [0.05, 0.1) is 6.54 Å². The summed E-state index contributed by atoms with van der Waals surface area (Å²) in [6, 6.07) is 5.36. The summed E-state index contributed by atoms with van der Waals surface area (Å²) in [6.45, 7) is 3.41. The number of nitrogens with one attached hydrogen (secondary N) is 1. The normalized spacial score (nSPS) is 13.8. The molecule has 2 amide bonds. The van der Waals surface area contributed by atoms with Crippen molar-refractivity contribution in [3.63, 3.8) is 0 Å². The van der Waals surface area contributed by atoms with Crippen LogP contribution in [0.4, 0.5) is 5.69 Å². The molecule has 0 atom stereocenters. The average molecular weight is 298 g/mol. The second kappa shape index (κ2) is 7.26. The van der Waals surface area contributed by atoms with Crippen LogP contribution in [0.5, 0.6) is 0 Å². The monoisotopic (exact) mass is 297 g/mol. The van der Waals surface area contributed by atoms with Crippen molar-refractivity contribution in [3.05, 3.63) is 29.3 Å². The zero-order valence-electron chi connectivity index (χ0n) is 11.5. The molecule has 0 radical (unpaired) electrons. The van der Waals surface area contributed by atoms with Crippen molar-refractivity contribution in [3.8, 4) is 0 Å². The molecular formula is C14H20ClN3O2. The molecule has 0 aromatic heterocycles. The molecule has 1 aliphatic heterocycles. The molecule has 0 saturated carbocycles. The summed E-state index contributed by atoms with van der Waals surface area (Å²) >= 11 is 0. The lowest BCUT2D eigenvalue weighted by Gasteiger charge is -2.18. The van der Waals surface area contributed by atoms with Crippen molar-refractivity contribution in [2.45, 2.75) is 19.8 Å². The molecular weight excluding hydrogens is 278 g/mol. The maximum absolute atomic E-state index is 12.4. The summed E-state index contributed by atoms with van der Waals surface area (Å²) in [5.41, 5.74) is 7.38. The Bertz CT molecular complexity index is 499. The summed E-state index contributed by atoms with van der Waals surface area (Å²) < 4.78 is 0. The Balaban J connectivity index is 0.00000200. The van der Waals surface area contributed by atoms with Crippen LogP contribution in [0.2, 0.25) is 0 Å². The highest BCUT2D eigenvalue weighted by Crippen LogP contribution is 2.22. The first-order valence-electron chi connectivity index (χ1n) is 6.52. The molecule has 1 aromatic carbocycles. The van der Waals surface area contributed by atoms with Crippen LogP contribution >= 0.6 is 12.4 Å². The predicted molar refractivity (Wildman–Crippen MR) is 81.2 cm³/mol. The fourth-order valence-electron chi connectivity index (χ4n) is 2.29. The zero-order valence-corrected chi connectivity index (χ0v) is 12.3. The smallest absolute Gasteiger partial charge is 0.254 e. The Kier molecular flexibility index (Phi) is 5.98. The third kappa shape index (κ3) is 3.49. The Labute approximate surface area is 124 Å². The Morgan fingerprint density at radius 1 is 1.30 bits per heavy atom. The van der Waals surface area contributed by atoms with E-state index in [1.165, 1.54) is 0 Å². The lowest BCUT2D eigenvalue weighted by Crippen LogP contribution is -2.28. The van der Waals surface area contributed by atoms with Gasteiger partial charge >= 0.3 is 0 Å². The SMILES string of the molecule is Cc1c(NC(=O)CN)cccc1C(=O)N1CCCC1.Cl. The van der Waals surface area contributed by atoms with Crippen LogP contribution < -0.4 is 11.1 Å². The van der Waals surface area contributed by atoms with E-state index in [4.69, 9.17) is 5.73 Å². The molecule has 0 spiro atoms. The van der Waals surface area contributed by atoms with Gasteiger partial charge in [-0.25, -0.2) is 0 Å². The third-order valence-corrected chi connectivity index (χ3v) is 3.42. The van der Waals surface area contributed by atoms with Gasteiger partial charge in [-0.3, -0.25) is 9.59 Å². The molecule has 0 unspecified atom stereocenters. The van der Waals surface area contributed by atoms with Crippen molar-refractivity contribution in [2.24, 2.45) is 5.73 Å². The quantitative estimate of drug-likeness (QED) is 0.889. The van der Waals surface area contributed by atoms with E-state index in [9.17, 15) is 9.59 Å². The molecule has 1 heterocycles. The van der Waals surface area contributed by atoms with Crippen LogP contribution in [0.3, 0.4) is 0 Å². The van der Waals surface area contributed by atoms with E-state index in [0.29, 0.717) is 11.3 Å². The second-order valence-electron chi connectivity index (χ2n) is 4.73. The minimum absolute atomic E-state index is 0. The number of hydrogen-bond acceptors (Lipinski definition) is 3. The van der Waals surface area contributed by atoms with E-state index >= 15 is 0 Å². The Morgan fingerprint density at radius 2 is 1.95 bits per heavy atom. The molecule has 20 heavy (non-hydrogen) atoms. The summed E-state index contributed by atoms with van der Waals surface area (Å²) in [7, 11) is 0. The van der Waals surface area contributed by atoms with Gasteiger partial charge in [-0.05, 0) is 37.5 Å². The second-order valence-corrected chi connectivity index (χ2v) is 4.73. The van der Waals surface area contributed by atoms with Gasteiger partial charge in [0.25, 0.3) is 5.91 Å². The number of amides is 2. The molecule has 2 rings (SSSR count). The van der Waals surface area contributed by atoms with Crippen LogP contribution in [0.1, 0.15) is 28.8 Å². The molecule has 0 bridgehead atoms. The first-order chi connectivity index (χ1) is 9.13. The number of carbonyl (C=O) groups is 2. The van der Waals surface area contributed by atoms with Crippen molar-refractivity contribution in [1.29, 1.82) is 0 Å². The van der Waals surface area contributed by atoms with E-state index in [1.807, 2.05) is 11.8 Å². The molecule has 110 valence electrons. The maximum Gasteiger partial charge on any atom is 0.254 e. The minimum atomic E-state index is -0.256. The number of rotatable bonds is 3. The number of nitrogens with two attached hydrogens (primary N) is 1. The number of hydrogen-bond donors (Lipinski definition) is 2. The number of likely N-dealkylation sites (tertiary alicyclic amines) is 1. The predicted octanol–water partition coefficient (Wildman–Crippen LogP) is 1.55. The molecule has 5 nitrogen and oxygen atoms in total. The van der Waals surface area contributed by atoms with Crippen LogP contribution in [0.15, 0.2) is 18.2 Å². The largest absolute Gasteiger partial charge is 0.339 e. The molecule has 0 aliphatic carbocycles. The molecule has 1 aliphatic rings. The van der Waals surface area contributed by atoms with Gasteiger partial charge in [-0.15, -0.1) is 12.4 Å². The fourth-order valence-corrected chi connectivity index (χ4v) is 2.29. The van der Waals surface area contributed by atoms with Crippen LogP contribution in [-0.4, -0.2) is 36.3 Å². The standard InChI is InChI=1S/C14H19N3O2.ClH/c1-10-11(14(19)17-7-2-3-8-17)5-4-6-12(10)16-13(18)9-15;/h4-6H,2-3,7-9,15H2,1H3,(H,16,18);1H. The number of halogens is 1. The van der Waals surface area contributed by atoms with Crippen LogP contribution in [-0.2, 0) is 4.79 Å². The first kappa shape index (κ1) is 16.5. The summed E-state index contributed by atoms with van der Waals surface area (Å²) in [5.74, 6) is -0.215. The summed E-state index contributed by atoms with van der Waals surface area (Å²) in [4.78, 5) is 25.6. The van der Waals surface area contributed by atoms with E-state index in [-0.39, 0.29) is 30.8 Å². The molecule has 1 saturated heterocycles. The van der Waals surface area contributed by atoms with Gasteiger partial charge in [0, 0.05) is 24.3 Å². The lowest BCUT2D eigenvalue weighted by molar-refractivity contribution is -0.114. The zero-order chi connectivity index (χ0) is 13.8. The van der Waals surface area contributed by atoms with Crippen molar-refractivity contribution in [2.75, 3.05) is 25.0 Å². The van der Waals surface area contributed by atoms with Gasteiger partial charge in [0.15, 0.2) is 0 Å². The van der Waals surface area contributed by atoms with E-state index in [0.717, 1.165) is 31.5 Å². The fraction of sp³-hybridized carbons (Fsp3) is 0.429. The van der Waals surface area contributed by atoms with Crippen molar-refractivity contribution >= 4 is 29.9 Å². The highest BCUT2D eigenvalue weighted by atomic mass is 35.5. The number of anilines is 1. The van der Waals surface area contributed by atoms with Gasteiger partial charge in [-0.1, -0.05) is 6.07 Å². The molecule has 6 heteroatoms. The minimum Gasteiger partial charge on any atom is -0.339 e. The maximum atomic E-state index is 12.4. The highest BCUT2D eigenvalue weighted by molar-refractivity contribution is 5.99. The summed E-state index contributed by atoms with van der Waals surface area (Å²) in [5, 5.41) is 2.71. The van der Waals surface area contributed by atoms with Crippen LogP contribution in [0.25, 0.3) is 0 Å². The lowest BCUT2D eigenvalue weighted by atomic mass is 10.1. The van der Waals surface area contributed by atoms with Crippen LogP contribution in [0, 0.1) is 6.92 Å². The number of nitrogens with zero attached hydrogens (tertiary/aromatic N) is 1. The van der Waals surface area contributed by atoms with Gasteiger partial charge in [0.2, 0.25) is 5.91 Å². The molecule has 1 aromatic rings. The average Bonchev–Trinajstić information content (AvgIpc) is 2.94. The van der Waals surface area contributed by atoms with Gasteiger partial charge in [0.1, 0.15) is 0 Å². The Hall–Kier alpha value is -1.59.